The molecule has 116 valence electrons. The van der Waals surface area contributed by atoms with Crippen LogP contribution in [0.1, 0.15) is 40.2 Å². The first-order valence-corrected chi connectivity index (χ1v) is 7.76. The molecule has 2 aromatic rings. The highest BCUT2D eigenvalue weighted by atomic mass is 16.3. The van der Waals surface area contributed by atoms with Crippen LogP contribution in [-0.4, -0.2) is 29.0 Å². The van der Waals surface area contributed by atoms with Gasteiger partial charge in [0.2, 0.25) is 0 Å². The Labute approximate surface area is 135 Å². The third kappa shape index (κ3) is 3.35. The van der Waals surface area contributed by atoms with E-state index in [2.05, 4.69) is 6.07 Å². The summed E-state index contributed by atoms with van der Waals surface area (Å²) in [5, 5.41) is 18.2. The molecule has 0 atom stereocenters. The Balaban J connectivity index is 1.62. The number of benzene rings is 2. The fourth-order valence-corrected chi connectivity index (χ4v) is 3.03. The van der Waals surface area contributed by atoms with E-state index in [0.717, 1.165) is 25.9 Å². The first-order chi connectivity index (χ1) is 11.2. The Hall–Kier alpha value is -2.80. The Morgan fingerprint density at radius 2 is 1.65 bits per heavy atom. The number of hydrogen-bond acceptors (Lipinski definition) is 3. The van der Waals surface area contributed by atoms with E-state index in [1.165, 1.54) is 5.56 Å². The lowest BCUT2D eigenvalue weighted by atomic mass is 9.89. The number of carbonyl (C=O) groups is 1. The molecule has 0 unspecified atom stereocenters. The first-order valence-electron chi connectivity index (χ1n) is 7.76. The average Bonchev–Trinajstić information content (AvgIpc) is 2.62. The number of nitriles is 1. The molecule has 1 amide bonds. The van der Waals surface area contributed by atoms with Gasteiger partial charge in [0.1, 0.15) is 5.75 Å². The van der Waals surface area contributed by atoms with Gasteiger partial charge in [-0.3, -0.25) is 4.79 Å². The summed E-state index contributed by atoms with van der Waals surface area (Å²) in [4.78, 5) is 14.4. The Bertz CT molecular complexity index is 721. The number of likely N-dealkylation sites (tertiary alicyclic amines) is 1. The fraction of sp³-hybridized carbons (Fsp3) is 0.263. The van der Waals surface area contributed by atoms with Gasteiger partial charge in [-0.05, 0) is 60.7 Å². The van der Waals surface area contributed by atoms with Gasteiger partial charge in [0, 0.05) is 18.7 Å². The molecule has 1 N–H and O–H groups in total. The topological polar surface area (TPSA) is 64.3 Å². The molecule has 0 radical (unpaired) electrons. The zero-order valence-electron chi connectivity index (χ0n) is 12.8. The van der Waals surface area contributed by atoms with Gasteiger partial charge in [-0.15, -0.1) is 0 Å². The van der Waals surface area contributed by atoms with Gasteiger partial charge in [-0.25, -0.2) is 0 Å². The molecular weight excluding hydrogens is 288 g/mol. The minimum Gasteiger partial charge on any atom is -0.508 e. The number of rotatable bonds is 2. The SMILES string of the molecule is N#Cc1ccc(C(=O)N2CCC(c3ccc(O)cc3)CC2)cc1. The summed E-state index contributed by atoms with van der Waals surface area (Å²) in [6, 6.07) is 16.2. The van der Waals surface area contributed by atoms with E-state index in [-0.39, 0.29) is 11.7 Å². The number of nitrogens with zero attached hydrogens (tertiary/aromatic N) is 2. The summed E-state index contributed by atoms with van der Waals surface area (Å²) in [5.74, 6) is 0.737. The lowest BCUT2D eigenvalue weighted by Gasteiger charge is -2.32. The van der Waals surface area contributed by atoms with Crippen molar-refractivity contribution in [1.29, 1.82) is 5.26 Å². The van der Waals surface area contributed by atoms with Crippen molar-refractivity contribution in [2.75, 3.05) is 13.1 Å². The van der Waals surface area contributed by atoms with Gasteiger partial charge >= 0.3 is 0 Å². The van der Waals surface area contributed by atoms with Crippen LogP contribution < -0.4 is 0 Å². The maximum atomic E-state index is 12.5. The number of phenols is 1. The van der Waals surface area contributed by atoms with Crippen LogP contribution in [0.15, 0.2) is 48.5 Å². The molecule has 0 saturated carbocycles. The van der Waals surface area contributed by atoms with E-state index in [1.54, 1.807) is 36.4 Å². The lowest BCUT2D eigenvalue weighted by molar-refractivity contribution is 0.0713. The molecule has 0 spiro atoms. The maximum Gasteiger partial charge on any atom is 0.253 e. The smallest absolute Gasteiger partial charge is 0.253 e. The molecule has 1 saturated heterocycles. The first kappa shape index (κ1) is 15.1. The Kier molecular flexibility index (Phi) is 4.29. The Morgan fingerprint density at radius 3 is 2.22 bits per heavy atom. The zero-order valence-corrected chi connectivity index (χ0v) is 12.8. The molecule has 1 fully saturated rings. The summed E-state index contributed by atoms with van der Waals surface area (Å²) in [5.41, 5.74) is 2.41. The summed E-state index contributed by atoms with van der Waals surface area (Å²) in [6.07, 6.45) is 1.85. The van der Waals surface area contributed by atoms with Crippen molar-refractivity contribution in [2.24, 2.45) is 0 Å². The van der Waals surface area contributed by atoms with Crippen molar-refractivity contribution in [3.8, 4) is 11.8 Å². The van der Waals surface area contributed by atoms with Crippen LogP contribution in [0.4, 0.5) is 0 Å². The maximum absolute atomic E-state index is 12.5. The van der Waals surface area contributed by atoms with Gasteiger partial charge in [-0.1, -0.05) is 12.1 Å². The van der Waals surface area contributed by atoms with Crippen molar-refractivity contribution < 1.29 is 9.90 Å². The van der Waals surface area contributed by atoms with Crippen LogP contribution in [0.2, 0.25) is 0 Å². The number of hydrogen-bond donors (Lipinski definition) is 1. The van der Waals surface area contributed by atoms with Gasteiger partial charge in [0.05, 0.1) is 11.6 Å². The predicted molar refractivity (Wildman–Crippen MR) is 87.1 cm³/mol. The van der Waals surface area contributed by atoms with E-state index >= 15 is 0 Å². The van der Waals surface area contributed by atoms with Gasteiger partial charge in [0.15, 0.2) is 0 Å². The number of phenolic OH excluding ortho intramolecular Hbond substituents is 1. The molecule has 3 rings (SSSR count). The highest BCUT2D eigenvalue weighted by Gasteiger charge is 2.24. The second-order valence-corrected chi connectivity index (χ2v) is 5.85. The van der Waals surface area contributed by atoms with Crippen LogP contribution in [0.25, 0.3) is 0 Å². The third-order valence-corrected chi connectivity index (χ3v) is 4.41. The Morgan fingerprint density at radius 1 is 1.04 bits per heavy atom. The lowest BCUT2D eigenvalue weighted by Crippen LogP contribution is -2.37. The highest BCUT2D eigenvalue weighted by molar-refractivity contribution is 5.94. The largest absolute Gasteiger partial charge is 0.508 e. The summed E-state index contributed by atoms with van der Waals surface area (Å²) >= 11 is 0. The van der Waals surface area contributed by atoms with Gasteiger partial charge < -0.3 is 10.0 Å². The van der Waals surface area contributed by atoms with E-state index < -0.39 is 0 Å². The van der Waals surface area contributed by atoms with Crippen molar-refractivity contribution in [3.05, 3.63) is 65.2 Å². The van der Waals surface area contributed by atoms with Gasteiger partial charge in [0.25, 0.3) is 5.91 Å². The summed E-state index contributed by atoms with van der Waals surface area (Å²) in [6.45, 7) is 1.45. The zero-order chi connectivity index (χ0) is 16.2. The molecule has 0 bridgehead atoms. The van der Waals surface area contributed by atoms with Crippen LogP contribution in [0, 0.1) is 11.3 Å². The third-order valence-electron chi connectivity index (χ3n) is 4.41. The quantitative estimate of drug-likeness (QED) is 0.926. The number of piperidine rings is 1. The average molecular weight is 306 g/mol. The highest BCUT2D eigenvalue weighted by Crippen LogP contribution is 2.29. The van der Waals surface area contributed by atoms with E-state index in [4.69, 9.17) is 5.26 Å². The predicted octanol–water partition coefficient (Wildman–Crippen LogP) is 3.28. The van der Waals surface area contributed by atoms with E-state index in [1.807, 2.05) is 17.0 Å². The van der Waals surface area contributed by atoms with Crippen LogP contribution in [-0.2, 0) is 0 Å². The minimum absolute atomic E-state index is 0.0265. The van der Waals surface area contributed by atoms with Crippen LogP contribution in [0.5, 0.6) is 5.75 Å². The molecule has 1 aliphatic heterocycles. The monoisotopic (exact) mass is 306 g/mol. The molecule has 0 aliphatic carbocycles. The minimum atomic E-state index is 0.0265. The normalized spacial score (nSPS) is 15.2. The summed E-state index contributed by atoms with van der Waals surface area (Å²) < 4.78 is 0. The molecule has 1 heterocycles. The van der Waals surface area contributed by atoms with Crippen molar-refractivity contribution in [3.63, 3.8) is 0 Å². The van der Waals surface area contributed by atoms with Crippen LogP contribution >= 0.6 is 0 Å². The molecule has 2 aromatic carbocycles. The molecule has 1 aliphatic rings. The molecule has 23 heavy (non-hydrogen) atoms. The number of carbonyl (C=O) groups excluding carboxylic acids is 1. The second-order valence-electron chi connectivity index (χ2n) is 5.85. The fourth-order valence-electron chi connectivity index (χ4n) is 3.03. The molecular formula is C19H18N2O2. The van der Waals surface area contributed by atoms with Crippen molar-refractivity contribution in [1.82, 2.24) is 4.90 Å². The van der Waals surface area contributed by atoms with E-state index in [0.29, 0.717) is 17.0 Å². The van der Waals surface area contributed by atoms with E-state index in [9.17, 15) is 9.90 Å². The molecule has 4 nitrogen and oxygen atoms in total. The standard InChI is InChI=1S/C19H18N2O2/c20-13-14-1-3-17(4-2-14)19(23)21-11-9-16(10-12-21)15-5-7-18(22)8-6-15/h1-8,16,22H,9-12H2. The van der Waals surface area contributed by atoms with Crippen LogP contribution in [0.3, 0.4) is 0 Å². The molecule has 4 heteroatoms. The van der Waals surface area contributed by atoms with Crippen molar-refractivity contribution in [2.45, 2.75) is 18.8 Å². The number of amides is 1. The second kappa shape index (κ2) is 6.53. The van der Waals surface area contributed by atoms with Gasteiger partial charge in [-0.2, -0.15) is 5.26 Å². The summed E-state index contributed by atoms with van der Waals surface area (Å²) in [7, 11) is 0. The van der Waals surface area contributed by atoms with Crippen molar-refractivity contribution >= 4 is 5.91 Å². The number of aromatic hydroxyl groups is 1. The molecule has 0 aromatic heterocycles.